The number of nitrogens with zero attached hydrogens (tertiary/aromatic N) is 3. The van der Waals surface area contributed by atoms with E-state index in [1.807, 2.05) is 0 Å². The Balaban J connectivity index is 1.74. The zero-order valence-corrected chi connectivity index (χ0v) is 16.7. The summed E-state index contributed by atoms with van der Waals surface area (Å²) in [5.74, 6) is -1.54. The summed E-state index contributed by atoms with van der Waals surface area (Å²) in [4.78, 5) is 3.81. The molecule has 1 aliphatic heterocycles. The molecule has 0 unspecified atom stereocenters. The average molecular weight is 460 g/mol. The fourth-order valence-corrected chi connectivity index (χ4v) is 3.60. The van der Waals surface area contributed by atoms with E-state index in [-0.39, 0.29) is 41.8 Å². The molecular formula is C19H14Cl2F3N3O3. The Hall–Kier alpha value is -2.33. The fourth-order valence-electron chi connectivity index (χ4n) is 3.15. The molecule has 0 aliphatic carbocycles. The van der Waals surface area contributed by atoms with Crippen molar-refractivity contribution in [1.82, 2.24) is 14.8 Å². The first-order valence-electron chi connectivity index (χ1n) is 8.72. The second kappa shape index (κ2) is 8.07. The Bertz CT molecular complexity index is 1040. The van der Waals surface area contributed by atoms with E-state index in [4.69, 9.17) is 37.4 Å². The molecule has 2 heterocycles. The molecule has 1 aliphatic rings. The normalized spacial score (nSPS) is 16.0. The van der Waals surface area contributed by atoms with Crippen LogP contribution in [0.1, 0.15) is 11.1 Å². The molecule has 0 saturated carbocycles. The van der Waals surface area contributed by atoms with Crippen molar-refractivity contribution in [2.75, 3.05) is 13.2 Å². The second-order valence-electron chi connectivity index (χ2n) is 6.42. The van der Waals surface area contributed by atoms with Crippen molar-refractivity contribution in [3.63, 3.8) is 0 Å². The smallest absolute Gasteiger partial charge is 0.417 e. The monoisotopic (exact) mass is 459 g/mol. The van der Waals surface area contributed by atoms with Gasteiger partial charge >= 0.3 is 6.18 Å². The average Bonchev–Trinajstić information content (AvgIpc) is 3.36. The predicted molar refractivity (Wildman–Crippen MR) is 102 cm³/mol. The van der Waals surface area contributed by atoms with Crippen LogP contribution in [0, 0.1) is 0 Å². The Labute approximate surface area is 179 Å². The highest BCUT2D eigenvalue weighted by Crippen LogP contribution is 2.44. The number of halogens is 5. The van der Waals surface area contributed by atoms with Gasteiger partial charge in [-0.2, -0.15) is 18.3 Å². The van der Waals surface area contributed by atoms with Crippen molar-refractivity contribution in [1.29, 1.82) is 0 Å². The summed E-state index contributed by atoms with van der Waals surface area (Å²) in [6.45, 7) is 0.189. The van der Waals surface area contributed by atoms with Crippen LogP contribution in [0.25, 0.3) is 0 Å². The zero-order chi connectivity index (χ0) is 21.4. The van der Waals surface area contributed by atoms with Crippen LogP contribution in [0.2, 0.25) is 10.0 Å². The van der Waals surface area contributed by atoms with Crippen molar-refractivity contribution < 1.29 is 27.4 Å². The Morgan fingerprint density at radius 3 is 2.50 bits per heavy atom. The van der Waals surface area contributed by atoms with E-state index < -0.39 is 17.5 Å². The molecule has 1 aromatic heterocycles. The first kappa shape index (κ1) is 20.9. The molecule has 4 rings (SSSR count). The van der Waals surface area contributed by atoms with Crippen LogP contribution in [-0.4, -0.2) is 28.0 Å². The minimum absolute atomic E-state index is 0.0517. The van der Waals surface area contributed by atoms with Crippen molar-refractivity contribution in [2.24, 2.45) is 0 Å². The SMILES string of the molecule is FC(F)(F)c1cc(Oc2ccc(Cl)cc2Cl)ccc1C1(Cn2cncn2)OCCO1. The molecule has 0 amide bonds. The molecule has 0 atom stereocenters. The molecule has 1 fully saturated rings. The summed E-state index contributed by atoms with van der Waals surface area (Å²) in [7, 11) is 0. The van der Waals surface area contributed by atoms with Gasteiger partial charge in [0.05, 0.1) is 23.8 Å². The third-order valence-electron chi connectivity index (χ3n) is 4.42. The highest BCUT2D eigenvalue weighted by molar-refractivity contribution is 6.35. The summed E-state index contributed by atoms with van der Waals surface area (Å²) in [5, 5.41) is 4.50. The van der Waals surface area contributed by atoms with Crippen LogP contribution in [0.5, 0.6) is 11.5 Å². The number of aromatic nitrogens is 3. The number of benzene rings is 2. The first-order valence-corrected chi connectivity index (χ1v) is 9.47. The highest BCUT2D eigenvalue weighted by Gasteiger charge is 2.46. The largest absolute Gasteiger partial charge is 0.456 e. The van der Waals surface area contributed by atoms with E-state index in [9.17, 15) is 13.2 Å². The number of hydrogen-bond donors (Lipinski definition) is 0. The standard InChI is InChI=1S/C19H14Cl2F3N3O3/c20-12-1-4-17(16(21)7-12)30-13-2-3-14(15(8-13)19(22,23)24)18(28-5-6-29-18)9-27-11-25-10-26-27/h1-4,7-8,10-11H,5-6,9H2. The molecule has 2 aromatic carbocycles. The quantitative estimate of drug-likeness (QED) is 0.518. The highest BCUT2D eigenvalue weighted by atomic mass is 35.5. The van der Waals surface area contributed by atoms with Gasteiger partial charge in [-0.25, -0.2) is 9.67 Å². The Morgan fingerprint density at radius 2 is 1.87 bits per heavy atom. The maximum atomic E-state index is 14.0. The van der Waals surface area contributed by atoms with Gasteiger partial charge in [-0.1, -0.05) is 23.2 Å². The fraction of sp³-hybridized carbons (Fsp3) is 0.263. The van der Waals surface area contributed by atoms with E-state index in [1.165, 1.54) is 47.7 Å². The van der Waals surface area contributed by atoms with E-state index in [1.54, 1.807) is 0 Å². The predicted octanol–water partition coefficient (Wildman–Crippen LogP) is 5.30. The van der Waals surface area contributed by atoms with Gasteiger partial charge in [-0.05, 0) is 36.4 Å². The lowest BCUT2D eigenvalue weighted by Crippen LogP contribution is -2.35. The lowest BCUT2D eigenvalue weighted by atomic mass is 9.98. The first-order chi connectivity index (χ1) is 14.3. The van der Waals surface area contributed by atoms with Gasteiger partial charge in [0.1, 0.15) is 30.7 Å². The van der Waals surface area contributed by atoms with E-state index in [0.29, 0.717) is 5.02 Å². The lowest BCUT2D eigenvalue weighted by Gasteiger charge is -2.30. The summed E-state index contributed by atoms with van der Waals surface area (Å²) < 4.78 is 60.1. The lowest BCUT2D eigenvalue weighted by molar-refractivity contribution is -0.187. The van der Waals surface area contributed by atoms with Crippen LogP contribution >= 0.6 is 23.2 Å². The van der Waals surface area contributed by atoms with Gasteiger partial charge < -0.3 is 14.2 Å². The number of alkyl halides is 3. The molecule has 0 N–H and O–H groups in total. The van der Waals surface area contributed by atoms with Crippen molar-refractivity contribution in [2.45, 2.75) is 18.5 Å². The maximum Gasteiger partial charge on any atom is 0.417 e. The van der Waals surface area contributed by atoms with Gasteiger partial charge in [0.2, 0.25) is 5.79 Å². The molecule has 3 aromatic rings. The third-order valence-corrected chi connectivity index (χ3v) is 4.95. The van der Waals surface area contributed by atoms with Crippen molar-refractivity contribution in [3.05, 3.63) is 70.2 Å². The van der Waals surface area contributed by atoms with Gasteiger partial charge in [0.15, 0.2) is 0 Å². The molecule has 30 heavy (non-hydrogen) atoms. The number of rotatable bonds is 5. The molecule has 6 nitrogen and oxygen atoms in total. The summed E-state index contributed by atoms with van der Waals surface area (Å²) in [6.07, 6.45) is -2.04. The van der Waals surface area contributed by atoms with Crippen LogP contribution < -0.4 is 4.74 Å². The molecule has 11 heteroatoms. The van der Waals surface area contributed by atoms with Gasteiger partial charge in [-0.3, -0.25) is 0 Å². The van der Waals surface area contributed by atoms with Gasteiger partial charge in [0.25, 0.3) is 0 Å². The summed E-state index contributed by atoms with van der Waals surface area (Å²) >= 11 is 11.9. The zero-order valence-electron chi connectivity index (χ0n) is 15.2. The van der Waals surface area contributed by atoms with Crippen LogP contribution in [0.4, 0.5) is 13.2 Å². The van der Waals surface area contributed by atoms with E-state index in [0.717, 1.165) is 6.07 Å². The topological polar surface area (TPSA) is 58.4 Å². The van der Waals surface area contributed by atoms with Gasteiger partial charge in [-0.15, -0.1) is 0 Å². The van der Waals surface area contributed by atoms with Crippen LogP contribution in [-0.2, 0) is 28.0 Å². The van der Waals surface area contributed by atoms with Crippen molar-refractivity contribution >= 4 is 23.2 Å². The molecule has 1 saturated heterocycles. The van der Waals surface area contributed by atoms with Gasteiger partial charge in [0, 0.05) is 10.6 Å². The number of ether oxygens (including phenoxy) is 3. The maximum absolute atomic E-state index is 14.0. The van der Waals surface area contributed by atoms with Crippen molar-refractivity contribution in [3.8, 4) is 11.5 Å². The molecule has 0 bridgehead atoms. The third kappa shape index (κ3) is 4.24. The van der Waals surface area contributed by atoms with Crippen LogP contribution in [0.3, 0.4) is 0 Å². The summed E-state index contributed by atoms with van der Waals surface area (Å²) in [5.41, 5.74) is -1.13. The van der Waals surface area contributed by atoms with E-state index >= 15 is 0 Å². The summed E-state index contributed by atoms with van der Waals surface area (Å²) in [6, 6.07) is 7.98. The second-order valence-corrected chi connectivity index (χ2v) is 7.27. The Morgan fingerprint density at radius 1 is 1.10 bits per heavy atom. The molecule has 0 spiro atoms. The molecule has 158 valence electrons. The van der Waals surface area contributed by atoms with Crippen LogP contribution in [0.15, 0.2) is 49.1 Å². The molecular weight excluding hydrogens is 446 g/mol. The minimum Gasteiger partial charge on any atom is -0.456 e. The Kier molecular flexibility index (Phi) is 5.63. The molecule has 0 radical (unpaired) electrons. The number of hydrogen-bond acceptors (Lipinski definition) is 5. The van der Waals surface area contributed by atoms with E-state index in [2.05, 4.69) is 10.1 Å². The minimum atomic E-state index is -4.69.